The minimum Gasteiger partial charge on any atom is -0.480 e. The molecule has 0 unspecified atom stereocenters. The number of halogens is 3. The Morgan fingerprint density at radius 2 is 1.58 bits per heavy atom. The number of benzene rings is 3. The summed E-state index contributed by atoms with van der Waals surface area (Å²) in [6, 6.07) is 15.7. The fraction of sp³-hybridized carbons (Fsp3) is 0.233. The Morgan fingerprint density at radius 3 is 2.14 bits per heavy atom. The predicted octanol–water partition coefficient (Wildman–Crippen LogP) is 5.49. The predicted molar refractivity (Wildman–Crippen MR) is 147 cm³/mol. The number of aliphatic carboxylic acids is 2. The molecular weight excluding hydrogens is 569 g/mol. The molecule has 4 rings (SSSR count). The topological polar surface area (TPSA) is 151 Å². The number of alkyl halides is 3. The molecule has 3 amide bonds. The molecule has 0 bridgehead atoms. The number of hydrogen-bond acceptors (Lipinski definition) is 6. The van der Waals surface area contributed by atoms with Crippen LogP contribution in [-0.2, 0) is 32.5 Å². The summed E-state index contributed by atoms with van der Waals surface area (Å²) >= 11 is 0. The maximum Gasteiger partial charge on any atom is 0.417 e. The molecule has 0 saturated carbocycles. The molecule has 1 fully saturated rings. The van der Waals surface area contributed by atoms with Gasteiger partial charge in [0.1, 0.15) is 5.54 Å². The Balaban J connectivity index is 1.63. The van der Waals surface area contributed by atoms with Gasteiger partial charge in [-0.05, 0) is 68.3 Å². The van der Waals surface area contributed by atoms with Crippen molar-refractivity contribution in [2.75, 3.05) is 10.2 Å². The van der Waals surface area contributed by atoms with Crippen molar-refractivity contribution in [2.24, 2.45) is 0 Å². The molecule has 1 aliphatic heterocycles. The van der Waals surface area contributed by atoms with Crippen LogP contribution in [-0.4, -0.2) is 44.5 Å². The zero-order valence-corrected chi connectivity index (χ0v) is 23.1. The van der Waals surface area contributed by atoms with E-state index in [0.29, 0.717) is 27.9 Å². The SMILES string of the molecule is CC(C(=O)O)(C(=O)O)c1ccc(Nc2ccccc2CN2C(=O)N(c3ccc(C#N)c(C(F)(F)F)c3)C(=O)C2(C)C)cc1. The number of carbonyl (C=O) groups is 4. The number of imide groups is 1. The summed E-state index contributed by atoms with van der Waals surface area (Å²) in [6.07, 6.45) is -4.88. The van der Waals surface area contributed by atoms with E-state index in [9.17, 15) is 42.6 Å². The smallest absolute Gasteiger partial charge is 0.417 e. The van der Waals surface area contributed by atoms with E-state index in [1.165, 1.54) is 49.1 Å². The van der Waals surface area contributed by atoms with Crippen molar-refractivity contribution in [1.82, 2.24) is 4.90 Å². The lowest BCUT2D eigenvalue weighted by molar-refractivity contribution is -0.156. The van der Waals surface area contributed by atoms with Crippen LogP contribution in [0, 0.1) is 11.3 Å². The summed E-state index contributed by atoms with van der Waals surface area (Å²) < 4.78 is 40.7. The second-order valence-electron chi connectivity index (χ2n) is 10.5. The lowest BCUT2D eigenvalue weighted by Crippen LogP contribution is -2.43. The van der Waals surface area contributed by atoms with Crippen LogP contribution in [0.15, 0.2) is 66.7 Å². The Hall–Kier alpha value is -5.38. The molecule has 1 heterocycles. The number of carboxylic acids is 2. The molecular formula is C30H25F3N4O6. The first-order chi connectivity index (χ1) is 20.0. The maximum absolute atomic E-state index is 13.6. The third kappa shape index (κ3) is 5.34. The Morgan fingerprint density at radius 1 is 0.977 bits per heavy atom. The highest BCUT2D eigenvalue weighted by Gasteiger charge is 2.52. The second kappa shape index (κ2) is 10.8. The van der Waals surface area contributed by atoms with Gasteiger partial charge in [-0.2, -0.15) is 18.4 Å². The number of carboxylic acid groups (broad SMARTS) is 2. The van der Waals surface area contributed by atoms with Crippen LogP contribution in [0.1, 0.15) is 43.0 Å². The molecule has 3 N–H and O–H groups in total. The standard InChI is InChI=1S/C30H25F3N4O6/c1-28(2)24(38)37(21-13-8-17(15-34)22(14-21)30(31,32)33)27(43)36(28)16-18-6-4-5-7-23(18)35-20-11-9-19(10-12-20)29(3,25(39)40)26(41)42/h4-14,35H,16H2,1-3H3,(H,39,40)(H,41,42). The van der Waals surface area contributed by atoms with Crippen molar-refractivity contribution in [2.45, 2.75) is 44.4 Å². The Kier molecular flexibility index (Phi) is 7.67. The number of carbonyl (C=O) groups excluding carboxylic acids is 2. The van der Waals surface area contributed by atoms with Crippen LogP contribution < -0.4 is 10.2 Å². The zero-order chi connectivity index (χ0) is 31.9. The van der Waals surface area contributed by atoms with E-state index in [1.54, 1.807) is 24.3 Å². The van der Waals surface area contributed by atoms with Crippen molar-refractivity contribution in [3.63, 3.8) is 0 Å². The van der Waals surface area contributed by atoms with Gasteiger partial charge < -0.3 is 20.4 Å². The number of anilines is 3. The average molecular weight is 595 g/mol. The van der Waals surface area contributed by atoms with Gasteiger partial charge in [0.25, 0.3) is 5.91 Å². The van der Waals surface area contributed by atoms with E-state index in [1.807, 2.05) is 0 Å². The molecule has 0 aliphatic carbocycles. The van der Waals surface area contributed by atoms with E-state index in [-0.39, 0.29) is 17.8 Å². The van der Waals surface area contributed by atoms with Crippen LogP contribution in [0.4, 0.5) is 35.0 Å². The quantitative estimate of drug-likeness (QED) is 0.229. The molecule has 3 aromatic carbocycles. The summed E-state index contributed by atoms with van der Waals surface area (Å²) in [5.74, 6) is -3.80. The summed E-state index contributed by atoms with van der Waals surface area (Å²) in [5, 5.41) is 31.1. The minimum atomic E-state index is -4.88. The highest BCUT2D eigenvalue weighted by atomic mass is 19.4. The normalized spacial score (nSPS) is 14.9. The fourth-order valence-electron chi connectivity index (χ4n) is 4.66. The van der Waals surface area contributed by atoms with E-state index in [4.69, 9.17) is 5.26 Å². The van der Waals surface area contributed by atoms with Crippen molar-refractivity contribution in [3.05, 3.63) is 89.0 Å². The van der Waals surface area contributed by atoms with Crippen molar-refractivity contribution in [1.29, 1.82) is 5.26 Å². The summed E-state index contributed by atoms with van der Waals surface area (Å²) in [4.78, 5) is 52.0. The van der Waals surface area contributed by atoms with Gasteiger partial charge >= 0.3 is 24.1 Å². The number of rotatable bonds is 8. The van der Waals surface area contributed by atoms with Crippen LogP contribution in [0.5, 0.6) is 0 Å². The van der Waals surface area contributed by atoms with Gasteiger partial charge in [0.15, 0.2) is 5.41 Å². The van der Waals surface area contributed by atoms with Crippen LogP contribution in [0.25, 0.3) is 0 Å². The van der Waals surface area contributed by atoms with Crippen LogP contribution in [0.3, 0.4) is 0 Å². The molecule has 222 valence electrons. The van der Waals surface area contributed by atoms with Crippen LogP contribution >= 0.6 is 0 Å². The molecule has 0 aromatic heterocycles. The van der Waals surface area contributed by atoms with Gasteiger partial charge in [0, 0.05) is 11.4 Å². The van der Waals surface area contributed by atoms with E-state index < -0.39 is 52.1 Å². The van der Waals surface area contributed by atoms with Gasteiger partial charge in [-0.25, -0.2) is 9.69 Å². The number of urea groups is 1. The monoisotopic (exact) mass is 594 g/mol. The summed E-state index contributed by atoms with van der Waals surface area (Å²) in [7, 11) is 0. The molecule has 3 aromatic rings. The van der Waals surface area contributed by atoms with Crippen molar-refractivity contribution in [3.8, 4) is 6.07 Å². The third-order valence-corrected chi connectivity index (χ3v) is 7.45. The first-order valence-electron chi connectivity index (χ1n) is 12.7. The van der Waals surface area contributed by atoms with Crippen molar-refractivity contribution >= 4 is 40.9 Å². The fourth-order valence-corrected chi connectivity index (χ4v) is 4.66. The van der Waals surface area contributed by atoms with E-state index in [2.05, 4.69) is 5.32 Å². The third-order valence-electron chi connectivity index (χ3n) is 7.45. The van der Waals surface area contributed by atoms with Crippen molar-refractivity contribution < 1.29 is 42.6 Å². The number of nitriles is 1. The number of nitrogens with one attached hydrogen (secondary N) is 1. The molecule has 0 atom stereocenters. The molecule has 10 nitrogen and oxygen atoms in total. The minimum absolute atomic E-state index is 0.0471. The Labute approximate surface area is 243 Å². The van der Waals surface area contributed by atoms with Crippen LogP contribution in [0.2, 0.25) is 0 Å². The zero-order valence-electron chi connectivity index (χ0n) is 23.1. The highest BCUT2D eigenvalue weighted by molar-refractivity contribution is 6.23. The number of amides is 3. The lowest BCUT2D eigenvalue weighted by Gasteiger charge is -2.28. The molecule has 0 radical (unpaired) electrons. The van der Waals surface area contributed by atoms with Gasteiger partial charge in [0.2, 0.25) is 0 Å². The number of para-hydroxylation sites is 1. The van der Waals surface area contributed by atoms with E-state index >= 15 is 0 Å². The van der Waals surface area contributed by atoms with Gasteiger partial charge in [0.05, 0.1) is 29.4 Å². The molecule has 0 spiro atoms. The molecule has 13 heteroatoms. The summed E-state index contributed by atoms with van der Waals surface area (Å²) in [6.45, 7) is 3.90. The first-order valence-corrected chi connectivity index (χ1v) is 12.7. The number of hydrogen-bond donors (Lipinski definition) is 3. The maximum atomic E-state index is 13.6. The van der Waals surface area contributed by atoms with Gasteiger partial charge in [-0.3, -0.25) is 14.4 Å². The largest absolute Gasteiger partial charge is 0.480 e. The van der Waals surface area contributed by atoms with Gasteiger partial charge in [-0.15, -0.1) is 0 Å². The Bertz CT molecular complexity index is 1660. The van der Waals surface area contributed by atoms with Gasteiger partial charge in [-0.1, -0.05) is 30.3 Å². The molecule has 43 heavy (non-hydrogen) atoms. The second-order valence-corrected chi connectivity index (χ2v) is 10.5. The highest BCUT2D eigenvalue weighted by Crippen LogP contribution is 2.39. The number of nitrogens with zero attached hydrogens (tertiary/aromatic N) is 3. The molecule has 1 saturated heterocycles. The van der Waals surface area contributed by atoms with E-state index in [0.717, 1.165) is 19.1 Å². The molecule has 1 aliphatic rings. The summed E-state index contributed by atoms with van der Waals surface area (Å²) in [5.41, 5.74) is -4.28. The lowest BCUT2D eigenvalue weighted by atomic mass is 9.82. The average Bonchev–Trinajstić information content (AvgIpc) is 3.11. The first kappa shape index (κ1) is 30.6.